The Morgan fingerprint density at radius 2 is 2.04 bits per heavy atom. The minimum absolute atomic E-state index is 0.0727. The van der Waals surface area contributed by atoms with Crippen molar-refractivity contribution in [3.8, 4) is 11.5 Å². The topological polar surface area (TPSA) is 55.4 Å². The average Bonchev–Trinajstić information content (AvgIpc) is 3.12. The zero-order valence-electron chi connectivity index (χ0n) is 13.5. The van der Waals surface area contributed by atoms with Gasteiger partial charge in [-0.2, -0.15) is 0 Å². The van der Waals surface area contributed by atoms with Gasteiger partial charge in [0.05, 0.1) is 5.02 Å². The molecular formula is C19H16ClNO3S. The molecule has 1 N–H and O–H groups in total. The number of amides is 2. The summed E-state index contributed by atoms with van der Waals surface area (Å²) in [5, 5.41) is 2.38. The van der Waals surface area contributed by atoms with Gasteiger partial charge < -0.3 is 4.74 Å². The van der Waals surface area contributed by atoms with Gasteiger partial charge in [-0.05, 0) is 60.7 Å². The van der Waals surface area contributed by atoms with Crippen molar-refractivity contribution < 1.29 is 14.3 Å². The Labute approximate surface area is 154 Å². The number of carbonyl (C=O) groups is 2. The molecule has 1 unspecified atom stereocenters. The Morgan fingerprint density at radius 1 is 1.20 bits per heavy atom. The van der Waals surface area contributed by atoms with Gasteiger partial charge in [-0.25, -0.2) is 0 Å². The highest BCUT2D eigenvalue weighted by Gasteiger charge is 2.41. The van der Waals surface area contributed by atoms with E-state index < -0.39 is 0 Å². The summed E-state index contributed by atoms with van der Waals surface area (Å²) in [4.78, 5) is 23.4. The first-order valence-electron chi connectivity index (χ1n) is 8.09. The summed E-state index contributed by atoms with van der Waals surface area (Å²) in [5.74, 6) is 1.24. The van der Waals surface area contributed by atoms with Crippen molar-refractivity contribution in [1.29, 1.82) is 0 Å². The molecule has 6 heteroatoms. The van der Waals surface area contributed by atoms with Crippen molar-refractivity contribution in [3.05, 3.63) is 58.1 Å². The molecule has 128 valence electrons. The van der Waals surface area contributed by atoms with Crippen LogP contribution in [0.1, 0.15) is 29.0 Å². The Morgan fingerprint density at radius 3 is 2.76 bits per heavy atom. The molecule has 4 rings (SSSR count). The fourth-order valence-corrected chi connectivity index (χ4v) is 4.73. The lowest BCUT2D eigenvalue weighted by molar-refractivity contribution is -0.119. The van der Waals surface area contributed by atoms with Gasteiger partial charge in [0.1, 0.15) is 16.7 Å². The van der Waals surface area contributed by atoms with Crippen LogP contribution in [0.15, 0.2) is 36.4 Å². The molecule has 2 atom stereocenters. The van der Waals surface area contributed by atoms with E-state index in [4.69, 9.17) is 16.3 Å². The first kappa shape index (κ1) is 16.5. The van der Waals surface area contributed by atoms with E-state index in [9.17, 15) is 9.59 Å². The minimum atomic E-state index is -0.327. The normalized spacial score (nSPS) is 22.0. The zero-order valence-corrected chi connectivity index (χ0v) is 15.1. The van der Waals surface area contributed by atoms with E-state index in [0.717, 1.165) is 41.5 Å². The number of ether oxygens (including phenoxy) is 1. The van der Waals surface area contributed by atoms with Crippen molar-refractivity contribution in [3.63, 3.8) is 0 Å². The fraction of sp³-hybridized carbons (Fsp3) is 0.263. The van der Waals surface area contributed by atoms with Crippen molar-refractivity contribution in [2.45, 2.75) is 30.9 Å². The maximum atomic E-state index is 12.0. The van der Waals surface area contributed by atoms with Gasteiger partial charge in [-0.15, -0.1) is 0 Å². The summed E-state index contributed by atoms with van der Waals surface area (Å²) in [6, 6.07) is 11.6. The molecule has 2 aromatic rings. The van der Waals surface area contributed by atoms with Crippen molar-refractivity contribution >= 4 is 34.5 Å². The highest BCUT2D eigenvalue weighted by molar-refractivity contribution is 8.15. The number of benzene rings is 2. The Bertz CT molecular complexity index is 883. The maximum Gasteiger partial charge on any atom is 0.286 e. The molecule has 0 bridgehead atoms. The number of rotatable bonds is 3. The lowest BCUT2D eigenvalue weighted by atomic mass is 9.97. The largest absolute Gasteiger partial charge is 0.456 e. The van der Waals surface area contributed by atoms with Gasteiger partial charge in [0.15, 0.2) is 0 Å². The molecule has 2 aliphatic rings. The quantitative estimate of drug-likeness (QED) is 0.837. The van der Waals surface area contributed by atoms with Crippen LogP contribution in [0.5, 0.6) is 11.5 Å². The number of halogens is 1. The lowest BCUT2D eigenvalue weighted by Crippen LogP contribution is -2.27. The molecule has 1 saturated heterocycles. The second kappa shape index (κ2) is 6.39. The summed E-state index contributed by atoms with van der Waals surface area (Å²) >= 11 is 7.33. The molecule has 1 aliphatic carbocycles. The Balaban J connectivity index is 1.57. The van der Waals surface area contributed by atoms with Crippen LogP contribution in [0.2, 0.25) is 5.02 Å². The van der Waals surface area contributed by atoms with Gasteiger partial charge in [-0.3, -0.25) is 14.9 Å². The average molecular weight is 374 g/mol. The smallest absolute Gasteiger partial charge is 0.286 e. The number of hydrogen-bond donors (Lipinski definition) is 1. The number of nitrogens with one attached hydrogen (secondary N) is 1. The van der Waals surface area contributed by atoms with E-state index in [0.29, 0.717) is 10.8 Å². The molecule has 0 radical (unpaired) electrons. The number of hydrogen-bond acceptors (Lipinski definition) is 4. The van der Waals surface area contributed by atoms with E-state index in [-0.39, 0.29) is 22.3 Å². The summed E-state index contributed by atoms with van der Waals surface area (Å²) in [6.07, 6.45) is 1.74. The van der Waals surface area contributed by atoms with Gasteiger partial charge in [-0.1, -0.05) is 35.5 Å². The molecule has 25 heavy (non-hydrogen) atoms. The zero-order chi connectivity index (χ0) is 17.6. The van der Waals surface area contributed by atoms with Crippen LogP contribution in [0.3, 0.4) is 0 Å². The summed E-state index contributed by atoms with van der Waals surface area (Å²) in [7, 11) is 0. The number of thioether (sulfide) groups is 1. The third-order valence-corrected chi connectivity index (χ3v) is 6.04. The number of imide groups is 1. The third-order valence-electron chi connectivity index (χ3n) is 4.64. The number of carbonyl (C=O) groups excluding carboxylic acids is 2. The van der Waals surface area contributed by atoms with Crippen molar-refractivity contribution in [2.24, 2.45) is 0 Å². The first-order chi connectivity index (χ1) is 12.0. The van der Waals surface area contributed by atoms with Crippen molar-refractivity contribution in [2.75, 3.05) is 0 Å². The second-order valence-corrected chi connectivity index (χ2v) is 7.88. The van der Waals surface area contributed by atoms with Crippen LogP contribution in [0.4, 0.5) is 4.79 Å². The highest BCUT2D eigenvalue weighted by Crippen LogP contribution is 2.43. The predicted octanol–water partition coefficient (Wildman–Crippen LogP) is 4.82. The van der Waals surface area contributed by atoms with Crippen LogP contribution in [0.25, 0.3) is 0 Å². The molecule has 1 fully saturated rings. The molecule has 4 nitrogen and oxygen atoms in total. The minimum Gasteiger partial charge on any atom is -0.456 e. The molecule has 0 aromatic heterocycles. The SMILES string of the molecule is Cc1ccc(Oc2ccc3c(c2)CC[C@H]3C2SC(=O)NC2=O)c(Cl)c1. The van der Waals surface area contributed by atoms with E-state index >= 15 is 0 Å². The fourth-order valence-electron chi connectivity index (χ4n) is 3.46. The molecule has 1 aliphatic heterocycles. The standard InChI is InChI=1S/C19H16ClNO3S/c1-10-2-7-16(15(20)8-10)24-12-4-6-13-11(9-12)3-5-14(13)17-18(22)21-19(23)25-17/h2,4,6-9,14,17H,3,5H2,1H3,(H,21,22,23)/t14-,17?/m1/s1. The summed E-state index contributed by atoms with van der Waals surface area (Å²) < 4.78 is 5.92. The molecule has 1 heterocycles. The van der Waals surface area contributed by atoms with Gasteiger partial charge in [0.2, 0.25) is 5.91 Å². The molecule has 2 aromatic carbocycles. The van der Waals surface area contributed by atoms with Crippen LogP contribution in [0, 0.1) is 6.92 Å². The Hall–Kier alpha value is -1.98. The van der Waals surface area contributed by atoms with Crippen LogP contribution in [-0.2, 0) is 11.2 Å². The van der Waals surface area contributed by atoms with E-state index in [1.807, 2.05) is 43.3 Å². The molecular weight excluding hydrogens is 358 g/mol. The second-order valence-electron chi connectivity index (χ2n) is 6.36. The van der Waals surface area contributed by atoms with Gasteiger partial charge >= 0.3 is 0 Å². The van der Waals surface area contributed by atoms with E-state index in [1.54, 1.807) is 0 Å². The Kier molecular flexibility index (Phi) is 4.21. The molecule has 2 amide bonds. The molecule has 0 spiro atoms. The monoisotopic (exact) mass is 373 g/mol. The number of aryl methyl sites for hydroxylation is 2. The van der Waals surface area contributed by atoms with Crippen LogP contribution in [-0.4, -0.2) is 16.4 Å². The third kappa shape index (κ3) is 3.14. The summed E-state index contributed by atoms with van der Waals surface area (Å²) in [6.45, 7) is 1.98. The number of fused-ring (bicyclic) bond motifs is 1. The maximum absolute atomic E-state index is 12.0. The van der Waals surface area contributed by atoms with Crippen molar-refractivity contribution in [1.82, 2.24) is 5.32 Å². The van der Waals surface area contributed by atoms with Crippen LogP contribution < -0.4 is 10.1 Å². The lowest BCUT2D eigenvalue weighted by Gasteiger charge is -2.16. The van der Waals surface area contributed by atoms with Gasteiger partial charge in [0.25, 0.3) is 5.24 Å². The first-order valence-corrected chi connectivity index (χ1v) is 9.35. The van der Waals surface area contributed by atoms with Gasteiger partial charge in [0, 0.05) is 5.92 Å². The van der Waals surface area contributed by atoms with Crippen LogP contribution >= 0.6 is 23.4 Å². The van der Waals surface area contributed by atoms with E-state index in [1.165, 1.54) is 5.56 Å². The summed E-state index contributed by atoms with van der Waals surface area (Å²) in [5.41, 5.74) is 3.37. The predicted molar refractivity (Wildman–Crippen MR) is 98.7 cm³/mol. The van der Waals surface area contributed by atoms with E-state index in [2.05, 4.69) is 5.32 Å². The molecule has 0 saturated carbocycles. The highest BCUT2D eigenvalue weighted by atomic mass is 35.5.